The lowest BCUT2D eigenvalue weighted by molar-refractivity contribution is -0.205. The number of benzene rings is 2. The Kier molecular flexibility index (Phi) is 7.67. The van der Waals surface area contributed by atoms with Gasteiger partial charge in [0.05, 0.1) is 17.9 Å². The summed E-state index contributed by atoms with van der Waals surface area (Å²) in [4.78, 5) is 5.12. The van der Waals surface area contributed by atoms with Crippen molar-refractivity contribution in [3.05, 3.63) is 69.7 Å². The molecule has 0 aromatic heterocycles. The summed E-state index contributed by atoms with van der Waals surface area (Å²) in [5.74, 6) is 0. The highest BCUT2D eigenvalue weighted by molar-refractivity contribution is 6.31. The van der Waals surface area contributed by atoms with Crippen molar-refractivity contribution >= 4 is 17.3 Å². The maximum absolute atomic E-state index is 10.1. The van der Waals surface area contributed by atoms with E-state index >= 15 is 0 Å². The van der Waals surface area contributed by atoms with Crippen LogP contribution in [0, 0.1) is 0 Å². The van der Waals surface area contributed by atoms with Crippen LogP contribution < -0.4 is 0 Å². The fraction of sp³-hybridized carbons (Fsp3) is 0.435. The quantitative estimate of drug-likeness (QED) is 0.515. The van der Waals surface area contributed by atoms with Crippen molar-refractivity contribution in [1.29, 1.82) is 0 Å². The Labute approximate surface area is 177 Å². The Morgan fingerprint density at radius 3 is 2.66 bits per heavy atom. The first-order valence-corrected chi connectivity index (χ1v) is 10.3. The summed E-state index contributed by atoms with van der Waals surface area (Å²) in [5, 5.41) is 14.9. The van der Waals surface area contributed by atoms with E-state index in [2.05, 4.69) is 23.4 Å². The van der Waals surface area contributed by atoms with Crippen LogP contribution in [-0.4, -0.2) is 36.9 Å². The van der Waals surface area contributed by atoms with E-state index in [1.807, 2.05) is 38.1 Å². The van der Waals surface area contributed by atoms with Crippen LogP contribution in [-0.2, 0) is 20.7 Å². The van der Waals surface area contributed by atoms with E-state index in [1.165, 1.54) is 0 Å². The van der Waals surface area contributed by atoms with Crippen LogP contribution in [0.1, 0.15) is 55.0 Å². The lowest BCUT2D eigenvalue weighted by Gasteiger charge is -2.32. The summed E-state index contributed by atoms with van der Waals surface area (Å²) < 4.78 is 11.3. The molecule has 3 atom stereocenters. The smallest absolute Gasteiger partial charge is 0.160 e. The molecular formula is C23H28ClNO4. The number of oxime groups is 1. The molecule has 6 heteroatoms. The van der Waals surface area contributed by atoms with Gasteiger partial charge in [-0.05, 0) is 48.6 Å². The van der Waals surface area contributed by atoms with Crippen molar-refractivity contribution in [1.82, 2.24) is 0 Å². The third-order valence-electron chi connectivity index (χ3n) is 5.07. The van der Waals surface area contributed by atoms with Gasteiger partial charge in [0.25, 0.3) is 0 Å². The number of hydrogen-bond donors (Lipinski definition) is 1. The molecule has 0 bridgehead atoms. The molecule has 1 fully saturated rings. The summed E-state index contributed by atoms with van der Waals surface area (Å²) in [7, 11) is 1.59. The van der Waals surface area contributed by atoms with Crippen LogP contribution in [0.3, 0.4) is 0 Å². The van der Waals surface area contributed by atoms with Gasteiger partial charge in [-0.3, -0.25) is 0 Å². The number of halogens is 1. The lowest BCUT2D eigenvalue weighted by atomic mass is 9.95. The van der Waals surface area contributed by atoms with E-state index in [9.17, 15) is 5.11 Å². The van der Waals surface area contributed by atoms with E-state index in [0.717, 1.165) is 28.0 Å². The molecule has 1 N–H and O–H groups in total. The molecule has 156 valence electrons. The minimum absolute atomic E-state index is 0.209. The molecule has 0 saturated carbocycles. The molecule has 2 aromatic rings. The van der Waals surface area contributed by atoms with Gasteiger partial charge < -0.3 is 19.4 Å². The maximum atomic E-state index is 10.1. The standard InChI is InChI=1S/C23H28ClNO4/c1-4-28-25-15(2)17-7-5-16(6-8-17)11-19-12-18(9-10-21(19)24)22-13-20(26)14-23(27-3)29-22/h5-10,12,20,22-23,26H,4,11,13-14H2,1-3H3/b25-15+. The Hall–Kier alpha value is -1.92. The number of aliphatic hydroxyl groups excluding tert-OH is 1. The first kappa shape index (κ1) is 21.8. The van der Waals surface area contributed by atoms with Crippen LogP contribution >= 0.6 is 11.6 Å². The Bertz CT molecular complexity index is 837. The average molecular weight is 418 g/mol. The molecule has 1 heterocycles. The number of methoxy groups -OCH3 is 1. The van der Waals surface area contributed by atoms with E-state index < -0.39 is 12.4 Å². The molecule has 2 aromatic carbocycles. The monoisotopic (exact) mass is 417 g/mol. The highest BCUT2D eigenvalue weighted by atomic mass is 35.5. The molecule has 29 heavy (non-hydrogen) atoms. The van der Waals surface area contributed by atoms with E-state index in [4.69, 9.17) is 25.9 Å². The molecule has 1 aliphatic heterocycles. The van der Waals surface area contributed by atoms with Gasteiger partial charge in [0.1, 0.15) is 6.61 Å². The molecule has 0 aliphatic carbocycles. The van der Waals surface area contributed by atoms with E-state index in [-0.39, 0.29) is 6.10 Å². The normalized spacial score (nSPS) is 22.5. The van der Waals surface area contributed by atoms with Crippen LogP contribution in [0.2, 0.25) is 5.02 Å². The third-order valence-corrected chi connectivity index (χ3v) is 5.44. The van der Waals surface area contributed by atoms with Crippen LogP contribution in [0.5, 0.6) is 0 Å². The number of ether oxygens (including phenoxy) is 2. The van der Waals surface area contributed by atoms with Crippen molar-refractivity contribution in [3.63, 3.8) is 0 Å². The van der Waals surface area contributed by atoms with Gasteiger partial charge >= 0.3 is 0 Å². The van der Waals surface area contributed by atoms with Gasteiger partial charge in [0, 0.05) is 25.0 Å². The second kappa shape index (κ2) is 10.2. The average Bonchev–Trinajstić information content (AvgIpc) is 2.73. The zero-order valence-electron chi connectivity index (χ0n) is 17.1. The zero-order valence-corrected chi connectivity index (χ0v) is 17.9. The molecule has 3 unspecified atom stereocenters. The summed E-state index contributed by atoms with van der Waals surface area (Å²) in [6, 6.07) is 14.1. The SMILES string of the molecule is CCO/N=C(\C)c1ccc(Cc2cc(C3CC(O)CC(OC)O3)ccc2Cl)cc1. The maximum Gasteiger partial charge on any atom is 0.160 e. The van der Waals surface area contributed by atoms with Gasteiger partial charge in [0.2, 0.25) is 0 Å². The third kappa shape index (κ3) is 5.80. The van der Waals surface area contributed by atoms with Crippen molar-refractivity contribution in [2.45, 2.75) is 51.6 Å². The number of aliphatic hydroxyl groups is 1. The molecule has 1 aliphatic rings. The molecule has 0 amide bonds. The fourth-order valence-electron chi connectivity index (χ4n) is 3.45. The molecule has 0 radical (unpaired) electrons. The number of rotatable bonds is 7. The largest absolute Gasteiger partial charge is 0.396 e. The zero-order chi connectivity index (χ0) is 20.8. The van der Waals surface area contributed by atoms with Crippen LogP contribution in [0.4, 0.5) is 0 Å². The molecule has 1 saturated heterocycles. The predicted molar refractivity (Wildman–Crippen MR) is 114 cm³/mol. The predicted octanol–water partition coefficient (Wildman–Crippen LogP) is 4.88. The van der Waals surface area contributed by atoms with Crippen molar-refractivity contribution in [3.8, 4) is 0 Å². The second-order valence-electron chi connectivity index (χ2n) is 7.23. The van der Waals surface area contributed by atoms with Crippen molar-refractivity contribution < 1.29 is 19.4 Å². The van der Waals surface area contributed by atoms with Gasteiger partial charge in [-0.2, -0.15) is 0 Å². The topological polar surface area (TPSA) is 60.3 Å². The molecule has 5 nitrogen and oxygen atoms in total. The summed E-state index contributed by atoms with van der Waals surface area (Å²) in [5.41, 5.74) is 5.04. The fourth-order valence-corrected chi connectivity index (χ4v) is 3.64. The summed E-state index contributed by atoms with van der Waals surface area (Å²) in [6.07, 6.45) is 0.709. The minimum Gasteiger partial charge on any atom is -0.396 e. The van der Waals surface area contributed by atoms with Crippen molar-refractivity contribution in [2.24, 2.45) is 5.16 Å². The Balaban J connectivity index is 1.75. The van der Waals surface area contributed by atoms with Gasteiger partial charge in [-0.25, -0.2) is 0 Å². The number of hydrogen-bond acceptors (Lipinski definition) is 5. The van der Waals surface area contributed by atoms with Gasteiger partial charge in [0.15, 0.2) is 6.29 Å². The van der Waals surface area contributed by atoms with Crippen LogP contribution in [0.25, 0.3) is 0 Å². The number of nitrogens with zero attached hydrogens (tertiary/aromatic N) is 1. The summed E-state index contributed by atoms with van der Waals surface area (Å²) >= 11 is 6.46. The van der Waals surface area contributed by atoms with Gasteiger partial charge in [-0.15, -0.1) is 0 Å². The lowest BCUT2D eigenvalue weighted by Crippen LogP contribution is -2.32. The van der Waals surface area contributed by atoms with E-state index in [1.54, 1.807) is 7.11 Å². The first-order chi connectivity index (χ1) is 14.0. The second-order valence-corrected chi connectivity index (χ2v) is 7.64. The first-order valence-electron chi connectivity index (χ1n) is 9.90. The van der Waals surface area contributed by atoms with Crippen molar-refractivity contribution in [2.75, 3.05) is 13.7 Å². The molecule has 0 spiro atoms. The van der Waals surface area contributed by atoms with Crippen LogP contribution in [0.15, 0.2) is 47.6 Å². The summed E-state index contributed by atoms with van der Waals surface area (Å²) in [6.45, 7) is 4.39. The minimum atomic E-state index is -0.438. The van der Waals surface area contributed by atoms with Gasteiger partial charge in [-0.1, -0.05) is 53.2 Å². The Morgan fingerprint density at radius 2 is 1.97 bits per heavy atom. The molecular weight excluding hydrogens is 390 g/mol. The highest BCUT2D eigenvalue weighted by Crippen LogP contribution is 2.34. The molecule has 3 rings (SSSR count). The Morgan fingerprint density at radius 1 is 1.21 bits per heavy atom. The van der Waals surface area contributed by atoms with E-state index in [0.29, 0.717) is 30.9 Å². The highest BCUT2D eigenvalue weighted by Gasteiger charge is 2.29.